The van der Waals surface area contributed by atoms with Gasteiger partial charge in [0.15, 0.2) is 0 Å². The van der Waals surface area contributed by atoms with Gasteiger partial charge in [0.1, 0.15) is 18.2 Å². The first-order valence-corrected chi connectivity index (χ1v) is 8.38. The van der Waals surface area contributed by atoms with Crippen LogP contribution in [0.5, 0.6) is 0 Å². The first-order chi connectivity index (χ1) is 12.4. The van der Waals surface area contributed by atoms with Crippen molar-refractivity contribution in [1.82, 2.24) is 5.32 Å². The van der Waals surface area contributed by atoms with Gasteiger partial charge in [-0.3, -0.25) is 4.79 Å². The summed E-state index contributed by atoms with van der Waals surface area (Å²) >= 11 is 0. The second-order valence-electron chi connectivity index (χ2n) is 6.35. The number of alkyl halides is 3. The maximum Gasteiger partial charge on any atom is 0.405 e. The van der Waals surface area contributed by atoms with Crippen LogP contribution in [0.1, 0.15) is 30.4 Å². The predicted octanol–water partition coefficient (Wildman–Crippen LogP) is 4.00. The van der Waals surface area contributed by atoms with Crippen LogP contribution in [0.2, 0.25) is 0 Å². The summed E-state index contributed by atoms with van der Waals surface area (Å²) in [4.78, 5) is 23.8. The third-order valence-electron chi connectivity index (χ3n) is 4.77. The van der Waals surface area contributed by atoms with Gasteiger partial charge in [-0.2, -0.15) is 13.2 Å². The molecule has 0 saturated carbocycles. The minimum absolute atomic E-state index is 0.249. The molecular weight excluding hydrogens is 343 g/mol. The quantitative estimate of drug-likeness (QED) is 0.624. The number of carbonyl (C=O) groups excluding carboxylic acids is 2. The molecule has 3 nitrogen and oxygen atoms in total. The SMILES string of the molecule is O=CCCCC1(C(=O)NCC(F)(F)F)c2ccccc2-c2ccccc21. The van der Waals surface area contributed by atoms with Gasteiger partial charge in [0.05, 0.1) is 0 Å². The zero-order valence-electron chi connectivity index (χ0n) is 14.0. The van der Waals surface area contributed by atoms with Gasteiger partial charge >= 0.3 is 6.18 Å². The summed E-state index contributed by atoms with van der Waals surface area (Å²) in [5.41, 5.74) is 1.84. The van der Waals surface area contributed by atoms with Crippen molar-refractivity contribution in [3.8, 4) is 11.1 Å². The Labute approximate surface area is 149 Å². The van der Waals surface area contributed by atoms with Crippen LogP contribution >= 0.6 is 0 Å². The molecule has 0 aliphatic heterocycles. The van der Waals surface area contributed by atoms with Crippen LogP contribution in [0, 0.1) is 0 Å². The Kier molecular flexibility index (Phi) is 4.85. The number of amides is 1. The number of rotatable bonds is 6. The molecule has 0 bridgehead atoms. The molecule has 6 heteroatoms. The van der Waals surface area contributed by atoms with Crippen molar-refractivity contribution in [3.05, 3.63) is 59.7 Å². The minimum Gasteiger partial charge on any atom is -0.346 e. The monoisotopic (exact) mass is 361 g/mol. The number of benzene rings is 2. The van der Waals surface area contributed by atoms with Crippen LogP contribution in [-0.2, 0) is 15.0 Å². The molecule has 1 N–H and O–H groups in total. The lowest BCUT2D eigenvalue weighted by Crippen LogP contribution is -2.47. The second kappa shape index (κ2) is 6.94. The number of halogens is 3. The average Bonchev–Trinajstić information content (AvgIpc) is 2.91. The number of hydrogen-bond donors (Lipinski definition) is 1. The summed E-state index contributed by atoms with van der Waals surface area (Å²) in [6.45, 7) is -1.38. The zero-order valence-corrected chi connectivity index (χ0v) is 14.0. The molecule has 1 aliphatic carbocycles. The minimum atomic E-state index is -4.49. The topological polar surface area (TPSA) is 46.2 Å². The molecule has 3 rings (SSSR count). The van der Waals surface area contributed by atoms with Crippen molar-refractivity contribution in [3.63, 3.8) is 0 Å². The molecule has 0 aromatic heterocycles. The number of unbranched alkanes of at least 4 members (excludes halogenated alkanes) is 1. The van der Waals surface area contributed by atoms with Gasteiger partial charge in [-0.25, -0.2) is 0 Å². The third-order valence-corrected chi connectivity index (χ3v) is 4.77. The Bertz CT molecular complexity index is 784. The first kappa shape index (κ1) is 18.2. The van der Waals surface area contributed by atoms with Crippen molar-refractivity contribution < 1.29 is 22.8 Å². The van der Waals surface area contributed by atoms with Crippen molar-refractivity contribution in [2.24, 2.45) is 0 Å². The van der Waals surface area contributed by atoms with Crippen molar-refractivity contribution in [2.75, 3.05) is 6.54 Å². The van der Waals surface area contributed by atoms with E-state index >= 15 is 0 Å². The molecule has 136 valence electrons. The highest BCUT2D eigenvalue weighted by molar-refractivity contribution is 6.00. The van der Waals surface area contributed by atoms with Gasteiger partial charge in [0, 0.05) is 6.42 Å². The number of fused-ring (bicyclic) bond motifs is 3. The van der Waals surface area contributed by atoms with Crippen LogP contribution in [0.4, 0.5) is 13.2 Å². The number of nitrogens with one attached hydrogen (secondary N) is 1. The molecular formula is C20H18F3NO2. The van der Waals surface area contributed by atoms with Crippen LogP contribution in [0.25, 0.3) is 11.1 Å². The summed E-state index contributed by atoms with van der Waals surface area (Å²) < 4.78 is 38.0. The fraction of sp³-hybridized carbons (Fsp3) is 0.300. The number of aldehydes is 1. The van der Waals surface area contributed by atoms with E-state index in [1.165, 1.54) is 0 Å². The fourth-order valence-corrected chi connectivity index (χ4v) is 3.73. The maximum absolute atomic E-state index is 13.0. The van der Waals surface area contributed by atoms with E-state index in [2.05, 4.69) is 5.32 Å². The van der Waals surface area contributed by atoms with Gasteiger partial charge in [0.25, 0.3) is 0 Å². The Morgan fingerprint density at radius 3 is 2.04 bits per heavy atom. The molecule has 0 radical (unpaired) electrons. The fourth-order valence-electron chi connectivity index (χ4n) is 3.73. The lowest BCUT2D eigenvalue weighted by atomic mass is 9.73. The Morgan fingerprint density at radius 2 is 1.54 bits per heavy atom. The predicted molar refractivity (Wildman–Crippen MR) is 91.6 cm³/mol. The average molecular weight is 361 g/mol. The number of hydrogen-bond acceptors (Lipinski definition) is 2. The highest BCUT2D eigenvalue weighted by Gasteiger charge is 2.49. The van der Waals surface area contributed by atoms with Crippen molar-refractivity contribution >= 4 is 12.2 Å². The Hall–Kier alpha value is -2.63. The Morgan fingerprint density at radius 1 is 1.00 bits per heavy atom. The van der Waals surface area contributed by atoms with Crippen molar-refractivity contribution in [2.45, 2.75) is 30.9 Å². The smallest absolute Gasteiger partial charge is 0.346 e. The zero-order chi connectivity index (χ0) is 18.8. The van der Waals surface area contributed by atoms with Gasteiger partial charge in [0.2, 0.25) is 5.91 Å². The highest BCUT2D eigenvalue weighted by atomic mass is 19.4. The molecule has 1 aliphatic rings. The summed E-state index contributed by atoms with van der Waals surface area (Å²) in [6.07, 6.45) is -2.81. The Balaban J connectivity index is 2.11. The largest absolute Gasteiger partial charge is 0.405 e. The molecule has 0 atom stereocenters. The molecule has 0 saturated heterocycles. The van der Waals surface area contributed by atoms with E-state index < -0.39 is 24.0 Å². The summed E-state index contributed by atoms with van der Waals surface area (Å²) in [7, 11) is 0. The van der Waals surface area contributed by atoms with E-state index in [0.717, 1.165) is 17.4 Å². The van der Waals surface area contributed by atoms with Crippen LogP contribution in [0.15, 0.2) is 48.5 Å². The van der Waals surface area contributed by atoms with Gasteiger partial charge in [-0.05, 0) is 35.1 Å². The van der Waals surface area contributed by atoms with E-state index in [9.17, 15) is 22.8 Å². The van der Waals surface area contributed by atoms with E-state index in [1.807, 2.05) is 24.3 Å². The van der Waals surface area contributed by atoms with E-state index in [1.54, 1.807) is 24.3 Å². The second-order valence-corrected chi connectivity index (χ2v) is 6.35. The molecule has 0 fully saturated rings. The van der Waals surface area contributed by atoms with Gasteiger partial charge < -0.3 is 10.1 Å². The molecule has 2 aromatic carbocycles. The summed E-state index contributed by atoms with van der Waals surface area (Å²) in [5.74, 6) is -0.682. The molecule has 2 aromatic rings. The molecule has 1 amide bonds. The summed E-state index contributed by atoms with van der Waals surface area (Å²) in [6, 6.07) is 14.5. The van der Waals surface area contributed by atoms with Gasteiger partial charge in [-0.1, -0.05) is 48.5 Å². The normalized spacial score (nSPS) is 14.4. The molecule has 0 heterocycles. The number of carbonyl (C=O) groups is 2. The van der Waals surface area contributed by atoms with E-state index in [0.29, 0.717) is 17.5 Å². The maximum atomic E-state index is 13.0. The lowest BCUT2D eigenvalue weighted by Gasteiger charge is -2.31. The highest BCUT2D eigenvalue weighted by Crippen LogP contribution is 2.51. The van der Waals surface area contributed by atoms with Crippen LogP contribution in [0.3, 0.4) is 0 Å². The third kappa shape index (κ3) is 3.11. The summed E-state index contributed by atoms with van der Waals surface area (Å²) in [5, 5.41) is 2.06. The van der Waals surface area contributed by atoms with Crippen LogP contribution in [-0.4, -0.2) is 24.9 Å². The molecule has 26 heavy (non-hydrogen) atoms. The molecule has 0 spiro atoms. The van der Waals surface area contributed by atoms with Crippen LogP contribution < -0.4 is 5.32 Å². The molecule has 0 unspecified atom stereocenters. The standard InChI is InChI=1S/C20H18F3NO2/c21-20(22,23)13-24-18(26)19(11-5-6-12-25)16-9-3-1-7-14(16)15-8-2-4-10-17(15)19/h1-4,7-10,12H,5-6,11,13H2,(H,24,26). The lowest BCUT2D eigenvalue weighted by molar-refractivity contribution is -0.141. The van der Waals surface area contributed by atoms with Gasteiger partial charge in [-0.15, -0.1) is 0 Å². The first-order valence-electron chi connectivity index (χ1n) is 8.38. The van der Waals surface area contributed by atoms with E-state index in [-0.39, 0.29) is 12.8 Å². The van der Waals surface area contributed by atoms with E-state index in [4.69, 9.17) is 0 Å². The van der Waals surface area contributed by atoms with Crippen molar-refractivity contribution in [1.29, 1.82) is 0 Å².